The van der Waals surface area contributed by atoms with Crippen molar-refractivity contribution in [1.29, 1.82) is 0 Å². The van der Waals surface area contributed by atoms with Crippen LogP contribution in [-0.4, -0.2) is 30.5 Å². The number of halogens is 3. The second kappa shape index (κ2) is 9.47. The fraction of sp³-hybridized carbons (Fsp3) is 0.208. The summed E-state index contributed by atoms with van der Waals surface area (Å²) in [6.07, 6.45) is 2.81. The van der Waals surface area contributed by atoms with E-state index in [0.29, 0.717) is 39.7 Å². The topological polar surface area (TPSA) is 85.5 Å². The molecule has 1 saturated heterocycles. The monoisotopic (exact) mass is 487 g/mol. The predicted molar refractivity (Wildman–Crippen MR) is 125 cm³/mol. The molecule has 9 heteroatoms. The smallest absolute Gasteiger partial charge is 0.263 e. The van der Waals surface area contributed by atoms with Crippen molar-refractivity contribution in [3.8, 4) is 11.1 Å². The molecule has 0 aliphatic carbocycles. The molecule has 1 aliphatic rings. The van der Waals surface area contributed by atoms with Gasteiger partial charge in [0.05, 0.1) is 16.7 Å². The van der Waals surface area contributed by atoms with Crippen LogP contribution in [0.15, 0.2) is 48.7 Å². The third-order valence-electron chi connectivity index (χ3n) is 5.53. The number of amides is 2. The van der Waals surface area contributed by atoms with Crippen LogP contribution < -0.4 is 10.6 Å². The number of hydrogen-bond donors (Lipinski definition) is 1. The van der Waals surface area contributed by atoms with Gasteiger partial charge in [0, 0.05) is 47.1 Å². The van der Waals surface area contributed by atoms with Crippen molar-refractivity contribution < 1.29 is 18.7 Å². The lowest BCUT2D eigenvalue weighted by Gasteiger charge is -2.23. The van der Waals surface area contributed by atoms with Gasteiger partial charge < -0.3 is 10.5 Å². The van der Waals surface area contributed by atoms with Gasteiger partial charge >= 0.3 is 0 Å². The second-order valence-corrected chi connectivity index (χ2v) is 8.47. The number of aromatic nitrogens is 1. The quantitative estimate of drug-likeness (QED) is 0.520. The van der Waals surface area contributed by atoms with Crippen LogP contribution in [-0.2, 0) is 4.74 Å². The van der Waals surface area contributed by atoms with E-state index >= 15 is 0 Å². The zero-order chi connectivity index (χ0) is 23.7. The number of rotatable bonds is 5. The van der Waals surface area contributed by atoms with E-state index in [4.69, 9.17) is 33.7 Å². The number of hydrogen-bond acceptors (Lipinski definition) is 4. The van der Waals surface area contributed by atoms with Gasteiger partial charge in [-0.05, 0) is 49.2 Å². The predicted octanol–water partition coefficient (Wildman–Crippen LogP) is 5.42. The summed E-state index contributed by atoms with van der Waals surface area (Å²) in [5.41, 5.74) is 7.33. The highest BCUT2D eigenvalue weighted by Crippen LogP contribution is 2.38. The van der Waals surface area contributed by atoms with Crippen LogP contribution >= 0.6 is 23.2 Å². The highest BCUT2D eigenvalue weighted by Gasteiger charge is 2.28. The van der Waals surface area contributed by atoms with Crippen LogP contribution in [0.5, 0.6) is 0 Å². The number of primary amides is 1. The van der Waals surface area contributed by atoms with E-state index < -0.39 is 17.6 Å². The molecular formula is C24H20Cl2FN3O3. The molecule has 6 nitrogen and oxygen atoms in total. The Morgan fingerprint density at radius 3 is 2.64 bits per heavy atom. The van der Waals surface area contributed by atoms with E-state index in [-0.39, 0.29) is 16.7 Å². The molecule has 2 heterocycles. The van der Waals surface area contributed by atoms with Crippen molar-refractivity contribution in [2.45, 2.75) is 18.9 Å². The summed E-state index contributed by atoms with van der Waals surface area (Å²) in [5.74, 6) is -1.61. The molecule has 1 aromatic heterocycles. The Hall–Kier alpha value is -3.00. The van der Waals surface area contributed by atoms with Gasteiger partial charge in [-0.1, -0.05) is 29.3 Å². The van der Waals surface area contributed by atoms with Crippen LogP contribution in [0.1, 0.15) is 45.2 Å². The molecule has 33 heavy (non-hydrogen) atoms. The number of benzene rings is 2. The van der Waals surface area contributed by atoms with Gasteiger partial charge in [0.1, 0.15) is 11.6 Å². The molecule has 2 aromatic carbocycles. The maximum absolute atomic E-state index is 14.4. The number of ether oxygens (including phenoxy) is 1. The van der Waals surface area contributed by atoms with Gasteiger partial charge in [0.25, 0.3) is 5.91 Å². The molecule has 1 fully saturated rings. The average Bonchev–Trinajstić information content (AvgIpc) is 3.33. The van der Waals surface area contributed by atoms with E-state index in [1.54, 1.807) is 18.2 Å². The first-order valence-corrected chi connectivity index (χ1v) is 11.0. The Morgan fingerprint density at radius 2 is 1.97 bits per heavy atom. The maximum Gasteiger partial charge on any atom is 0.263 e. The zero-order valence-corrected chi connectivity index (χ0v) is 19.2. The molecule has 1 aliphatic heterocycles. The molecule has 170 valence electrons. The number of anilines is 1. The van der Waals surface area contributed by atoms with Crippen molar-refractivity contribution >= 4 is 40.8 Å². The van der Waals surface area contributed by atoms with Crippen molar-refractivity contribution in [1.82, 2.24) is 4.98 Å². The normalized spacial score (nSPS) is 15.5. The largest absolute Gasteiger partial charge is 0.373 e. The zero-order valence-electron chi connectivity index (χ0n) is 17.6. The summed E-state index contributed by atoms with van der Waals surface area (Å²) >= 11 is 12.5. The van der Waals surface area contributed by atoms with E-state index in [1.807, 2.05) is 6.07 Å². The molecule has 2 amide bonds. The van der Waals surface area contributed by atoms with E-state index in [0.717, 1.165) is 12.8 Å². The van der Waals surface area contributed by atoms with Gasteiger partial charge in [-0.25, -0.2) is 9.37 Å². The molecule has 4 rings (SSSR count). The SMILES string of the molecule is CN(C(=O)c1c(F)cccc1Cl)c1ncc(-c2cc(C(N)=O)ccc2Cl)cc1C1CCCO1. The van der Waals surface area contributed by atoms with E-state index in [9.17, 15) is 14.0 Å². The molecule has 0 spiro atoms. The summed E-state index contributed by atoms with van der Waals surface area (Å²) in [5, 5.41) is 0.424. The Bertz CT molecular complexity index is 1230. The minimum atomic E-state index is -0.718. The number of carbonyl (C=O) groups excluding carboxylic acids is 2. The fourth-order valence-corrected chi connectivity index (χ4v) is 4.30. The third kappa shape index (κ3) is 4.57. The minimum absolute atomic E-state index is 0.0113. The maximum atomic E-state index is 14.4. The molecule has 0 saturated carbocycles. The Balaban J connectivity index is 1.81. The highest BCUT2D eigenvalue weighted by molar-refractivity contribution is 6.34. The minimum Gasteiger partial charge on any atom is -0.373 e. The number of pyridine rings is 1. The number of nitrogens with two attached hydrogens (primary N) is 1. The lowest BCUT2D eigenvalue weighted by molar-refractivity contribution is 0.0980. The highest BCUT2D eigenvalue weighted by atomic mass is 35.5. The summed E-state index contributed by atoms with van der Waals surface area (Å²) in [7, 11) is 1.51. The Labute approximate surface area is 200 Å². The van der Waals surface area contributed by atoms with Crippen molar-refractivity contribution in [3.63, 3.8) is 0 Å². The lowest BCUT2D eigenvalue weighted by Crippen LogP contribution is -2.29. The molecule has 0 bridgehead atoms. The molecule has 1 unspecified atom stereocenters. The van der Waals surface area contributed by atoms with Gasteiger partial charge in [0.15, 0.2) is 0 Å². The van der Waals surface area contributed by atoms with Crippen molar-refractivity contribution in [3.05, 3.63) is 81.2 Å². The van der Waals surface area contributed by atoms with Crippen LogP contribution in [0.3, 0.4) is 0 Å². The first kappa shape index (κ1) is 23.2. The number of carbonyl (C=O) groups is 2. The molecule has 1 atom stereocenters. The van der Waals surface area contributed by atoms with Gasteiger partial charge in [-0.3, -0.25) is 14.5 Å². The van der Waals surface area contributed by atoms with Crippen LogP contribution in [0.25, 0.3) is 11.1 Å². The van der Waals surface area contributed by atoms with E-state index in [2.05, 4.69) is 4.98 Å². The van der Waals surface area contributed by atoms with Crippen molar-refractivity contribution in [2.75, 3.05) is 18.6 Å². The van der Waals surface area contributed by atoms with Crippen molar-refractivity contribution in [2.24, 2.45) is 5.73 Å². The summed E-state index contributed by atoms with van der Waals surface area (Å²) < 4.78 is 20.2. The molecule has 0 radical (unpaired) electrons. The lowest BCUT2D eigenvalue weighted by atomic mass is 9.99. The van der Waals surface area contributed by atoms with Gasteiger partial charge in [0.2, 0.25) is 5.91 Å². The van der Waals surface area contributed by atoms with E-state index in [1.165, 1.54) is 36.3 Å². The first-order chi connectivity index (χ1) is 15.8. The number of nitrogens with zero attached hydrogens (tertiary/aromatic N) is 2. The third-order valence-corrected chi connectivity index (χ3v) is 6.18. The Morgan fingerprint density at radius 1 is 1.18 bits per heavy atom. The van der Waals surface area contributed by atoms with Crippen LogP contribution in [0.2, 0.25) is 10.0 Å². The molecule has 3 aromatic rings. The second-order valence-electron chi connectivity index (χ2n) is 7.66. The molecule has 2 N–H and O–H groups in total. The average molecular weight is 488 g/mol. The summed E-state index contributed by atoms with van der Waals surface area (Å²) in [6, 6.07) is 10.6. The summed E-state index contributed by atoms with van der Waals surface area (Å²) in [6.45, 7) is 0.572. The first-order valence-electron chi connectivity index (χ1n) is 10.2. The van der Waals surface area contributed by atoms with Crippen LogP contribution in [0, 0.1) is 5.82 Å². The van der Waals surface area contributed by atoms with Gasteiger partial charge in [-0.2, -0.15) is 0 Å². The fourth-order valence-electron chi connectivity index (χ4n) is 3.83. The summed E-state index contributed by atoms with van der Waals surface area (Å²) in [4.78, 5) is 30.5. The Kier molecular flexibility index (Phi) is 6.65. The van der Waals surface area contributed by atoms with Crippen LogP contribution in [0.4, 0.5) is 10.2 Å². The van der Waals surface area contributed by atoms with Gasteiger partial charge in [-0.15, -0.1) is 0 Å². The standard InChI is InChI=1S/C24H20Cl2FN3O3/c1-30(24(32)21-18(26)4-2-5-19(21)27)23-16(20-6-3-9-33-20)11-14(12-29-23)15-10-13(22(28)31)7-8-17(15)25/h2,4-5,7-8,10-12,20H,3,6,9H2,1H3,(H2,28,31). The molecular weight excluding hydrogens is 468 g/mol.